The van der Waals surface area contributed by atoms with Crippen LogP contribution in [-0.2, 0) is 19.6 Å². The van der Waals surface area contributed by atoms with E-state index in [9.17, 15) is 18.0 Å². The number of carbonyl (C=O) groups excluding carboxylic acids is 2. The van der Waals surface area contributed by atoms with Crippen LogP contribution in [0, 0.1) is 13.8 Å². The molecule has 9 heteroatoms. The average Bonchev–Trinajstić information content (AvgIpc) is 2.60. The third-order valence-corrected chi connectivity index (χ3v) is 5.40. The molecule has 144 valence electrons. The Kier molecular flexibility index (Phi) is 6.95. The van der Waals surface area contributed by atoms with Crippen LogP contribution in [0.4, 0.5) is 5.69 Å². The second-order valence-corrected chi connectivity index (χ2v) is 8.11. The molecule has 0 saturated heterocycles. The molecule has 0 heterocycles. The van der Waals surface area contributed by atoms with Crippen LogP contribution in [-0.4, -0.2) is 33.3 Å². The summed E-state index contributed by atoms with van der Waals surface area (Å²) in [5.41, 5.74) is 2.30. The van der Waals surface area contributed by atoms with Gasteiger partial charge in [0.15, 0.2) is 0 Å². The fraction of sp³-hybridized carbons (Fsp3) is 0.222. The minimum absolute atomic E-state index is 0.0806. The fourth-order valence-corrected chi connectivity index (χ4v) is 3.39. The molecule has 7 nitrogen and oxygen atoms in total. The summed E-state index contributed by atoms with van der Waals surface area (Å²) in [6, 6.07) is 11.3. The molecule has 0 fully saturated rings. The van der Waals surface area contributed by atoms with Crippen LogP contribution in [0.5, 0.6) is 0 Å². The Labute approximate surface area is 163 Å². The first-order chi connectivity index (χ1) is 12.7. The van der Waals surface area contributed by atoms with Crippen molar-refractivity contribution in [2.75, 3.05) is 18.4 Å². The molecule has 0 aromatic heterocycles. The standard InChI is InChI=1S/C18H20ClN3O4S/c1-12-6-7-16(8-13(12)2)27(25,26)21-11-17(23)20-10-18(24)22-15-5-3-4-14(19)9-15/h3-9,21H,10-11H2,1-2H3,(H,20,23)(H,22,24). The first kappa shape index (κ1) is 20.9. The zero-order valence-electron chi connectivity index (χ0n) is 14.9. The van der Waals surface area contributed by atoms with Crippen LogP contribution in [0.3, 0.4) is 0 Å². The molecule has 0 aliphatic carbocycles. The third-order valence-electron chi connectivity index (χ3n) is 3.77. The molecular weight excluding hydrogens is 390 g/mol. The smallest absolute Gasteiger partial charge is 0.243 e. The molecular formula is C18H20ClN3O4S. The zero-order valence-corrected chi connectivity index (χ0v) is 16.4. The maximum atomic E-state index is 12.2. The topological polar surface area (TPSA) is 104 Å². The average molecular weight is 410 g/mol. The van der Waals surface area contributed by atoms with Crippen molar-refractivity contribution in [3.63, 3.8) is 0 Å². The highest BCUT2D eigenvalue weighted by Crippen LogP contribution is 2.15. The fourth-order valence-electron chi connectivity index (χ4n) is 2.14. The second kappa shape index (κ2) is 8.98. The van der Waals surface area contributed by atoms with Crippen LogP contribution in [0.2, 0.25) is 5.02 Å². The van der Waals surface area contributed by atoms with E-state index in [0.717, 1.165) is 11.1 Å². The normalized spacial score (nSPS) is 11.1. The van der Waals surface area contributed by atoms with Gasteiger partial charge in [-0.3, -0.25) is 9.59 Å². The minimum Gasteiger partial charge on any atom is -0.346 e. The Morgan fingerprint density at radius 2 is 1.70 bits per heavy atom. The molecule has 3 N–H and O–H groups in total. The van der Waals surface area contributed by atoms with E-state index in [1.54, 1.807) is 37.3 Å². The van der Waals surface area contributed by atoms with Crippen molar-refractivity contribution in [1.29, 1.82) is 0 Å². The Bertz CT molecular complexity index is 961. The maximum absolute atomic E-state index is 12.2. The number of anilines is 1. The van der Waals surface area contributed by atoms with Gasteiger partial charge in [0.05, 0.1) is 18.0 Å². The van der Waals surface area contributed by atoms with Crippen LogP contribution in [0.1, 0.15) is 11.1 Å². The summed E-state index contributed by atoms with van der Waals surface area (Å²) in [5.74, 6) is -1.08. The lowest BCUT2D eigenvalue weighted by Crippen LogP contribution is -2.40. The highest BCUT2D eigenvalue weighted by Gasteiger charge is 2.16. The van der Waals surface area contributed by atoms with Gasteiger partial charge in [0, 0.05) is 10.7 Å². The van der Waals surface area contributed by atoms with Gasteiger partial charge in [-0.2, -0.15) is 0 Å². The van der Waals surface area contributed by atoms with Crippen LogP contribution in [0.25, 0.3) is 0 Å². The Morgan fingerprint density at radius 1 is 0.963 bits per heavy atom. The summed E-state index contributed by atoms with van der Waals surface area (Å²) in [5, 5.41) is 5.39. The highest BCUT2D eigenvalue weighted by atomic mass is 35.5. The van der Waals surface area contributed by atoms with Crippen LogP contribution >= 0.6 is 11.6 Å². The summed E-state index contributed by atoms with van der Waals surface area (Å²) in [6.45, 7) is 2.91. The van der Waals surface area contributed by atoms with Gasteiger partial charge in [-0.05, 0) is 55.3 Å². The van der Waals surface area contributed by atoms with Crippen molar-refractivity contribution in [3.05, 3.63) is 58.6 Å². The molecule has 0 aliphatic rings. The molecule has 2 amide bonds. The van der Waals surface area contributed by atoms with Crippen molar-refractivity contribution >= 4 is 39.1 Å². The van der Waals surface area contributed by atoms with Gasteiger partial charge >= 0.3 is 0 Å². The lowest BCUT2D eigenvalue weighted by molar-refractivity contribution is -0.123. The van der Waals surface area contributed by atoms with Gasteiger partial charge < -0.3 is 10.6 Å². The second-order valence-electron chi connectivity index (χ2n) is 5.91. The number of amides is 2. The lowest BCUT2D eigenvalue weighted by Gasteiger charge is -2.10. The Hall–Kier alpha value is -2.42. The summed E-state index contributed by atoms with van der Waals surface area (Å²) in [7, 11) is -3.81. The van der Waals surface area contributed by atoms with Crippen LogP contribution in [0.15, 0.2) is 47.4 Å². The molecule has 0 spiro atoms. The number of hydrogen-bond donors (Lipinski definition) is 3. The number of nitrogens with one attached hydrogen (secondary N) is 3. The molecule has 2 rings (SSSR count). The van der Waals surface area contributed by atoms with E-state index in [4.69, 9.17) is 11.6 Å². The van der Waals surface area contributed by atoms with E-state index >= 15 is 0 Å². The van der Waals surface area contributed by atoms with Crippen molar-refractivity contribution in [3.8, 4) is 0 Å². The van der Waals surface area contributed by atoms with Gasteiger partial charge in [-0.1, -0.05) is 23.7 Å². The monoisotopic (exact) mass is 409 g/mol. The maximum Gasteiger partial charge on any atom is 0.243 e. The number of hydrogen-bond acceptors (Lipinski definition) is 4. The van der Waals surface area contributed by atoms with E-state index in [1.165, 1.54) is 12.1 Å². The summed E-state index contributed by atoms with van der Waals surface area (Å²) < 4.78 is 26.7. The molecule has 2 aromatic carbocycles. The molecule has 27 heavy (non-hydrogen) atoms. The molecule has 2 aromatic rings. The number of rotatable bonds is 7. The van der Waals surface area contributed by atoms with Gasteiger partial charge in [0.1, 0.15) is 0 Å². The van der Waals surface area contributed by atoms with Gasteiger partial charge in [-0.15, -0.1) is 0 Å². The third kappa shape index (κ3) is 6.35. The largest absolute Gasteiger partial charge is 0.346 e. The number of benzene rings is 2. The minimum atomic E-state index is -3.81. The summed E-state index contributed by atoms with van der Waals surface area (Å²) >= 11 is 5.82. The quantitative estimate of drug-likeness (QED) is 0.650. The predicted octanol–water partition coefficient (Wildman–Crippen LogP) is 1.99. The molecule has 0 atom stereocenters. The van der Waals surface area contributed by atoms with E-state index in [-0.39, 0.29) is 11.4 Å². The number of carbonyl (C=O) groups is 2. The molecule has 0 aliphatic heterocycles. The van der Waals surface area contributed by atoms with Crippen molar-refractivity contribution < 1.29 is 18.0 Å². The van der Waals surface area contributed by atoms with Crippen LogP contribution < -0.4 is 15.4 Å². The van der Waals surface area contributed by atoms with Crippen molar-refractivity contribution in [1.82, 2.24) is 10.0 Å². The first-order valence-electron chi connectivity index (χ1n) is 8.06. The zero-order chi connectivity index (χ0) is 20.0. The van der Waals surface area contributed by atoms with E-state index < -0.39 is 28.4 Å². The van der Waals surface area contributed by atoms with Crippen molar-refractivity contribution in [2.45, 2.75) is 18.7 Å². The molecule has 0 saturated carbocycles. The van der Waals surface area contributed by atoms with Gasteiger partial charge in [0.2, 0.25) is 21.8 Å². The van der Waals surface area contributed by atoms with Crippen molar-refractivity contribution in [2.24, 2.45) is 0 Å². The van der Waals surface area contributed by atoms with E-state index in [1.807, 2.05) is 6.92 Å². The number of sulfonamides is 1. The molecule has 0 radical (unpaired) electrons. The first-order valence-corrected chi connectivity index (χ1v) is 9.92. The highest BCUT2D eigenvalue weighted by molar-refractivity contribution is 7.89. The Morgan fingerprint density at radius 3 is 2.37 bits per heavy atom. The number of halogens is 1. The predicted molar refractivity (Wildman–Crippen MR) is 104 cm³/mol. The van der Waals surface area contributed by atoms with E-state index in [2.05, 4.69) is 15.4 Å². The molecule has 0 unspecified atom stereocenters. The summed E-state index contributed by atoms with van der Waals surface area (Å²) in [6.07, 6.45) is 0. The van der Waals surface area contributed by atoms with E-state index in [0.29, 0.717) is 10.7 Å². The van der Waals surface area contributed by atoms with Gasteiger partial charge in [-0.25, -0.2) is 13.1 Å². The number of aryl methyl sites for hydroxylation is 2. The van der Waals surface area contributed by atoms with Gasteiger partial charge in [0.25, 0.3) is 0 Å². The lowest BCUT2D eigenvalue weighted by atomic mass is 10.1. The SMILES string of the molecule is Cc1ccc(S(=O)(=O)NCC(=O)NCC(=O)Nc2cccc(Cl)c2)cc1C. The molecule has 0 bridgehead atoms. The Balaban J connectivity index is 1.83. The summed E-state index contributed by atoms with van der Waals surface area (Å²) in [4.78, 5) is 23.7.